The summed E-state index contributed by atoms with van der Waals surface area (Å²) in [6.45, 7) is 3.09. The van der Waals surface area contributed by atoms with E-state index in [4.69, 9.17) is 10.8 Å². The van der Waals surface area contributed by atoms with Gasteiger partial charge in [0, 0.05) is 12.3 Å². The zero-order chi connectivity index (χ0) is 20.7. The summed E-state index contributed by atoms with van der Waals surface area (Å²) in [5, 5.41) is 23.0. The normalized spacial score (nSPS) is 20.1. The highest BCUT2D eigenvalue weighted by Gasteiger charge is 2.39. The number of nitrogens with zero attached hydrogens (tertiary/aromatic N) is 1. The van der Waals surface area contributed by atoms with E-state index in [1.165, 1.54) is 4.90 Å². The molecule has 0 saturated carbocycles. The van der Waals surface area contributed by atoms with Crippen LogP contribution in [0.2, 0.25) is 0 Å². The first-order chi connectivity index (χ1) is 12.6. The van der Waals surface area contributed by atoms with Crippen molar-refractivity contribution in [1.29, 1.82) is 0 Å². The van der Waals surface area contributed by atoms with Crippen LogP contribution in [-0.4, -0.2) is 81.9 Å². The van der Waals surface area contributed by atoms with Gasteiger partial charge in [-0.05, 0) is 18.8 Å². The first-order valence-corrected chi connectivity index (χ1v) is 9.38. The van der Waals surface area contributed by atoms with Crippen molar-refractivity contribution in [3.8, 4) is 0 Å². The largest absolute Gasteiger partial charge is 0.480 e. The van der Waals surface area contributed by atoms with Gasteiger partial charge in [0.05, 0.1) is 6.61 Å². The van der Waals surface area contributed by atoms with Crippen LogP contribution in [0.1, 0.15) is 26.7 Å². The van der Waals surface area contributed by atoms with Crippen molar-refractivity contribution in [2.45, 2.75) is 50.9 Å². The van der Waals surface area contributed by atoms with Crippen LogP contribution in [-0.2, 0) is 19.2 Å². The smallest absolute Gasteiger partial charge is 0.326 e. The molecule has 4 unspecified atom stereocenters. The van der Waals surface area contributed by atoms with Gasteiger partial charge in [-0.2, -0.15) is 12.6 Å². The summed E-state index contributed by atoms with van der Waals surface area (Å²) in [4.78, 5) is 49.7. The van der Waals surface area contributed by atoms with Crippen molar-refractivity contribution in [3.05, 3.63) is 0 Å². The number of aliphatic hydroxyl groups is 1. The monoisotopic (exact) mass is 404 g/mol. The summed E-state index contributed by atoms with van der Waals surface area (Å²) < 4.78 is 0. The quantitative estimate of drug-likeness (QED) is 0.241. The Morgan fingerprint density at radius 2 is 1.89 bits per heavy atom. The summed E-state index contributed by atoms with van der Waals surface area (Å²) in [5.41, 5.74) is 5.43. The Labute approximate surface area is 163 Å². The van der Waals surface area contributed by atoms with Crippen LogP contribution >= 0.6 is 12.6 Å². The zero-order valence-electron chi connectivity index (χ0n) is 15.4. The van der Waals surface area contributed by atoms with Crippen molar-refractivity contribution in [2.75, 3.05) is 18.9 Å². The van der Waals surface area contributed by atoms with Crippen molar-refractivity contribution in [1.82, 2.24) is 15.5 Å². The molecule has 0 aliphatic carbocycles. The SMILES string of the molecule is CC(C)C(NC(=O)C1CCCN1C(=O)C(CS)NC(=O)C(N)CO)C(=O)O. The van der Waals surface area contributed by atoms with Crippen LogP contribution in [0.4, 0.5) is 0 Å². The molecule has 1 rings (SSSR count). The van der Waals surface area contributed by atoms with Gasteiger partial charge in [0.2, 0.25) is 17.7 Å². The van der Waals surface area contributed by atoms with Gasteiger partial charge >= 0.3 is 5.97 Å². The minimum absolute atomic E-state index is 0.0166. The molecule has 11 heteroatoms. The number of nitrogens with two attached hydrogens (primary N) is 1. The molecule has 154 valence electrons. The van der Waals surface area contributed by atoms with E-state index in [-0.39, 0.29) is 11.7 Å². The van der Waals surface area contributed by atoms with Crippen molar-refractivity contribution in [3.63, 3.8) is 0 Å². The number of carbonyl (C=O) groups is 4. The summed E-state index contributed by atoms with van der Waals surface area (Å²) in [7, 11) is 0. The van der Waals surface area contributed by atoms with Gasteiger partial charge in [-0.1, -0.05) is 13.8 Å². The lowest BCUT2D eigenvalue weighted by atomic mass is 10.0. The van der Waals surface area contributed by atoms with Crippen molar-refractivity contribution >= 4 is 36.3 Å². The van der Waals surface area contributed by atoms with E-state index in [1.54, 1.807) is 13.8 Å². The van der Waals surface area contributed by atoms with E-state index >= 15 is 0 Å². The van der Waals surface area contributed by atoms with Crippen LogP contribution in [0.25, 0.3) is 0 Å². The Morgan fingerprint density at radius 3 is 2.37 bits per heavy atom. The molecular formula is C16H28N4O6S. The Bertz CT molecular complexity index is 573. The van der Waals surface area contributed by atoms with E-state index in [0.29, 0.717) is 19.4 Å². The first-order valence-electron chi connectivity index (χ1n) is 8.75. The zero-order valence-corrected chi connectivity index (χ0v) is 16.3. The predicted octanol–water partition coefficient (Wildman–Crippen LogP) is -2.06. The molecule has 0 aromatic carbocycles. The second-order valence-electron chi connectivity index (χ2n) is 6.79. The summed E-state index contributed by atoms with van der Waals surface area (Å²) in [6.07, 6.45) is 0.970. The third kappa shape index (κ3) is 6.08. The molecule has 1 aliphatic rings. The number of hydrogen-bond acceptors (Lipinski definition) is 7. The van der Waals surface area contributed by atoms with Gasteiger partial charge < -0.3 is 31.5 Å². The van der Waals surface area contributed by atoms with Gasteiger partial charge in [-0.3, -0.25) is 14.4 Å². The van der Waals surface area contributed by atoms with Crippen LogP contribution in [0.3, 0.4) is 0 Å². The van der Waals surface area contributed by atoms with Crippen LogP contribution in [0, 0.1) is 5.92 Å². The van der Waals surface area contributed by atoms with Crippen molar-refractivity contribution < 1.29 is 29.4 Å². The molecule has 10 nitrogen and oxygen atoms in total. The number of carbonyl (C=O) groups excluding carboxylic acids is 3. The highest BCUT2D eigenvalue weighted by molar-refractivity contribution is 7.80. The van der Waals surface area contributed by atoms with Gasteiger partial charge in [-0.15, -0.1) is 0 Å². The standard InChI is InChI=1S/C16H28N4O6S/c1-8(2)12(16(25)26)19-14(23)11-4-3-5-20(11)15(24)10(7-27)18-13(22)9(17)6-21/h8-12,21,27H,3-7,17H2,1-2H3,(H,18,22)(H,19,23)(H,25,26). The maximum Gasteiger partial charge on any atom is 0.326 e. The fourth-order valence-corrected chi connectivity index (χ4v) is 3.06. The second kappa shape index (κ2) is 10.5. The molecule has 3 amide bonds. The number of amides is 3. The number of aliphatic carboxylic acids is 1. The molecule has 1 saturated heterocycles. The van der Waals surface area contributed by atoms with Crippen LogP contribution in [0.15, 0.2) is 0 Å². The maximum absolute atomic E-state index is 12.8. The van der Waals surface area contributed by atoms with E-state index in [1.807, 2.05) is 0 Å². The van der Waals surface area contributed by atoms with Gasteiger partial charge in [0.15, 0.2) is 0 Å². The number of rotatable bonds is 9. The number of thiol groups is 1. The van der Waals surface area contributed by atoms with E-state index in [9.17, 15) is 24.3 Å². The minimum atomic E-state index is -1.17. The Morgan fingerprint density at radius 1 is 1.26 bits per heavy atom. The topological polar surface area (TPSA) is 162 Å². The molecule has 1 heterocycles. The summed E-state index contributed by atoms with van der Waals surface area (Å²) >= 11 is 4.07. The van der Waals surface area contributed by atoms with Gasteiger partial charge in [-0.25, -0.2) is 4.79 Å². The summed E-state index contributed by atoms with van der Waals surface area (Å²) in [6, 6.07) is -4.05. The third-order valence-corrected chi connectivity index (χ3v) is 4.76. The molecule has 0 aromatic heterocycles. The molecule has 0 spiro atoms. The van der Waals surface area contributed by atoms with Gasteiger partial charge in [0.25, 0.3) is 0 Å². The van der Waals surface area contributed by atoms with Crippen molar-refractivity contribution in [2.24, 2.45) is 11.7 Å². The average Bonchev–Trinajstić information content (AvgIpc) is 3.11. The Kier molecular flexibility index (Phi) is 9.00. The highest BCUT2D eigenvalue weighted by atomic mass is 32.1. The Balaban J connectivity index is 2.84. The Hall–Kier alpha value is -1.85. The maximum atomic E-state index is 12.8. The van der Waals surface area contributed by atoms with Crippen LogP contribution in [0.5, 0.6) is 0 Å². The molecule has 6 N–H and O–H groups in total. The number of aliphatic hydroxyl groups excluding tert-OH is 1. The molecule has 4 atom stereocenters. The molecular weight excluding hydrogens is 376 g/mol. The number of hydrogen-bond donors (Lipinski definition) is 6. The van der Waals surface area contributed by atoms with E-state index in [0.717, 1.165) is 0 Å². The number of carboxylic acid groups (broad SMARTS) is 1. The summed E-state index contributed by atoms with van der Waals surface area (Å²) in [5.74, 6) is -3.22. The molecule has 27 heavy (non-hydrogen) atoms. The fourth-order valence-electron chi connectivity index (χ4n) is 2.81. The highest BCUT2D eigenvalue weighted by Crippen LogP contribution is 2.19. The molecule has 0 aromatic rings. The average molecular weight is 404 g/mol. The molecule has 0 bridgehead atoms. The van der Waals surface area contributed by atoms with Gasteiger partial charge in [0.1, 0.15) is 24.2 Å². The lowest BCUT2D eigenvalue weighted by Gasteiger charge is -2.29. The lowest BCUT2D eigenvalue weighted by molar-refractivity contribution is -0.145. The molecule has 1 aliphatic heterocycles. The second-order valence-corrected chi connectivity index (χ2v) is 7.16. The third-order valence-electron chi connectivity index (χ3n) is 4.40. The molecule has 0 radical (unpaired) electrons. The number of nitrogens with one attached hydrogen (secondary N) is 2. The number of likely N-dealkylation sites (tertiary alicyclic amines) is 1. The molecule has 1 fully saturated rings. The minimum Gasteiger partial charge on any atom is -0.480 e. The van der Waals surface area contributed by atoms with Crippen LogP contribution < -0.4 is 16.4 Å². The predicted molar refractivity (Wildman–Crippen MR) is 100.0 cm³/mol. The van der Waals surface area contributed by atoms with E-state index in [2.05, 4.69) is 23.3 Å². The fraction of sp³-hybridized carbons (Fsp3) is 0.750. The number of carboxylic acids is 1. The lowest BCUT2D eigenvalue weighted by Crippen LogP contribution is -2.58. The first kappa shape index (κ1) is 23.2. The van der Waals surface area contributed by atoms with E-state index < -0.39 is 54.5 Å².